The van der Waals surface area contributed by atoms with Crippen LogP contribution in [0.2, 0.25) is 0 Å². The van der Waals surface area contributed by atoms with Gasteiger partial charge >= 0.3 is 0 Å². The number of hydrogen-bond donors (Lipinski definition) is 1. The predicted molar refractivity (Wildman–Crippen MR) is 75.2 cm³/mol. The second kappa shape index (κ2) is 6.49. The number of nitrogens with zero attached hydrogens (tertiary/aromatic N) is 1. The fourth-order valence-corrected chi connectivity index (χ4v) is 2.34. The number of pyridine rings is 1. The lowest BCUT2D eigenvalue weighted by Crippen LogP contribution is -2.21. The molecule has 1 rings (SSSR count). The van der Waals surface area contributed by atoms with Gasteiger partial charge in [-0.1, -0.05) is 0 Å². The largest absolute Gasteiger partial charge is 0.378 e. The van der Waals surface area contributed by atoms with Crippen LogP contribution in [0.5, 0.6) is 0 Å². The van der Waals surface area contributed by atoms with Gasteiger partial charge in [0.1, 0.15) is 4.60 Å². The molecule has 1 heterocycles. The predicted octanol–water partition coefficient (Wildman–Crippen LogP) is 2.32. The molecule has 7 heteroatoms. The summed E-state index contributed by atoms with van der Waals surface area (Å²) in [6.45, 7) is 5.75. The van der Waals surface area contributed by atoms with Crippen molar-refractivity contribution in [1.29, 1.82) is 0 Å². The topological polar surface area (TPSA) is 68.3 Å². The summed E-state index contributed by atoms with van der Waals surface area (Å²) in [4.78, 5) is 4.03. The number of halogens is 1. The number of anilines is 1. The molecule has 0 aliphatic rings. The van der Waals surface area contributed by atoms with E-state index in [4.69, 9.17) is 4.74 Å². The summed E-state index contributed by atoms with van der Waals surface area (Å²) in [5.74, 6) is -0.0692. The van der Waals surface area contributed by atoms with Crippen molar-refractivity contribution in [2.75, 3.05) is 17.1 Å². The van der Waals surface area contributed by atoms with Gasteiger partial charge in [0, 0.05) is 0 Å². The molecule has 1 aromatic rings. The first-order chi connectivity index (χ1) is 8.30. The maximum Gasteiger partial charge on any atom is 0.235 e. The molecule has 0 fully saturated rings. The van der Waals surface area contributed by atoms with E-state index in [2.05, 4.69) is 25.6 Å². The summed E-state index contributed by atoms with van der Waals surface area (Å²) in [5, 5.41) is 0. The molecule has 1 aromatic heterocycles. The highest BCUT2D eigenvalue weighted by Gasteiger charge is 2.11. The van der Waals surface area contributed by atoms with Crippen molar-refractivity contribution in [3.63, 3.8) is 0 Å². The summed E-state index contributed by atoms with van der Waals surface area (Å²) in [7, 11) is -3.39. The Balaban J connectivity index is 2.62. The van der Waals surface area contributed by atoms with Crippen molar-refractivity contribution in [2.45, 2.75) is 26.9 Å². The van der Waals surface area contributed by atoms with Crippen LogP contribution < -0.4 is 4.72 Å². The zero-order chi connectivity index (χ0) is 13.8. The zero-order valence-corrected chi connectivity index (χ0v) is 13.0. The van der Waals surface area contributed by atoms with Crippen LogP contribution in [0.4, 0.5) is 5.69 Å². The molecule has 1 N–H and O–H groups in total. The van der Waals surface area contributed by atoms with Gasteiger partial charge in [0.15, 0.2) is 0 Å². The van der Waals surface area contributed by atoms with Crippen LogP contribution in [-0.2, 0) is 14.8 Å². The molecule has 0 atom stereocenters. The minimum Gasteiger partial charge on any atom is -0.378 e. The van der Waals surface area contributed by atoms with Gasteiger partial charge in [0.25, 0.3) is 0 Å². The number of hydrogen-bond acceptors (Lipinski definition) is 4. The minimum atomic E-state index is -3.39. The van der Waals surface area contributed by atoms with Crippen LogP contribution >= 0.6 is 15.9 Å². The third kappa shape index (κ3) is 5.32. The molecule has 0 amide bonds. The Morgan fingerprint density at radius 2 is 2.17 bits per heavy atom. The van der Waals surface area contributed by atoms with Gasteiger partial charge in [-0.2, -0.15) is 0 Å². The third-order valence-electron chi connectivity index (χ3n) is 2.09. The van der Waals surface area contributed by atoms with E-state index in [1.807, 2.05) is 20.8 Å². The highest BCUT2D eigenvalue weighted by Crippen LogP contribution is 2.17. The molecule has 0 radical (unpaired) electrons. The van der Waals surface area contributed by atoms with Crippen molar-refractivity contribution < 1.29 is 13.2 Å². The van der Waals surface area contributed by atoms with Gasteiger partial charge < -0.3 is 4.74 Å². The molecule has 0 bridgehead atoms. The first-order valence-electron chi connectivity index (χ1n) is 5.54. The number of sulfonamides is 1. The minimum absolute atomic E-state index is 0.0248. The van der Waals surface area contributed by atoms with Gasteiger partial charge in [-0.05, 0) is 48.3 Å². The summed E-state index contributed by atoms with van der Waals surface area (Å²) < 4.78 is 31.9. The van der Waals surface area contributed by atoms with Gasteiger partial charge in [-0.3, -0.25) is 4.72 Å². The van der Waals surface area contributed by atoms with Gasteiger partial charge in [0.2, 0.25) is 10.0 Å². The summed E-state index contributed by atoms with van der Waals surface area (Å²) in [5.41, 5.74) is 1.33. The van der Waals surface area contributed by atoms with Crippen LogP contribution in [0.3, 0.4) is 0 Å². The number of ether oxygens (including phenoxy) is 1. The first kappa shape index (κ1) is 15.4. The smallest absolute Gasteiger partial charge is 0.235 e. The fourth-order valence-electron chi connectivity index (χ4n) is 1.24. The van der Waals surface area contributed by atoms with E-state index < -0.39 is 10.0 Å². The normalized spacial score (nSPS) is 11.8. The molecular weight excluding hydrogens is 320 g/mol. The Labute approximate surface area is 116 Å². The van der Waals surface area contributed by atoms with Gasteiger partial charge in [0.05, 0.1) is 30.3 Å². The van der Waals surface area contributed by atoms with Crippen molar-refractivity contribution in [1.82, 2.24) is 4.98 Å². The lowest BCUT2D eigenvalue weighted by Gasteiger charge is -2.10. The quantitative estimate of drug-likeness (QED) is 0.809. The number of nitrogens with one attached hydrogen (secondary N) is 1. The summed E-state index contributed by atoms with van der Waals surface area (Å²) in [6, 6.07) is 1.72. The third-order valence-corrected chi connectivity index (χ3v) is 4.17. The highest BCUT2D eigenvalue weighted by atomic mass is 79.9. The molecule has 0 aliphatic heterocycles. The van der Waals surface area contributed by atoms with Crippen LogP contribution in [0.15, 0.2) is 16.9 Å². The lowest BCUT2D eigenvalue weighted by molar-refractivity contribution is 0.0913. The first-order valence-corrected chi connectivity index (χ1v) is 7.99. The van der Waals surface area contributed by atoms with E-state index in [1.165, 1.54) is 6.20 Å². The standard InChI is InChI=1S/C11H17BrN2O3S/c1-8(2)17-4-5-18(15,16)14-10-6-9(3)11(12)13-7-10/h6-8,14H,4-5H2,1-3H3. The molecule has 0 saturated carbocycles. The zero-order valence-electron chi connectivity index (χ0n) is 10.6. The van der Waals surface area contributed by atoms with Crippen molar-refractivity contribution in [2.24, 2.45) is 0 Å². The van der Waals surface area contributed by atoms with E-state index >= 15 is 0 Å². The van der Waals surface area contributed by atoms with E-state index in [1.54, 1.807) is 6.07 Å². The van der Waals surface area contributed by atoms with E-state index in [0.717, 1.165) is 5.56 Å². The van der Waals surface area contributed by atoms with Crippen LogP contribution in [0, 0.1) is 6.92 Å². The average molecular weight is 337 g/mol. The van der Waals surface area contributed by atoms with E-state index in [-0.39, 0.29) is 18.5 Å². The fraction of sp³-hybridized carbons (Fsp3) is 0.545. The molecule has 0 unspecified atom stereocenters. The maximum absolute atomic E-state index is 11.7. The molecule has 0 spiro atoms. The van der Waals surface area contributed by atoms with E-state index in [9.17, 15) is 8.42 Å². The Morgan fingerprint density at radius 1 is 1.50 bits per heavy atom. The molecule has 18 heavy (non-hydrogen) atoms. The summed E-state index contributed by atoms with van der Waals surface area (Å²) >= 11 is 3.26. The Kier molecular flexibility index (Phi) is 5.55. The molecule has 0 aromatic carbocycles. The molecule has 0 aliphatic carbocycles. The number of aromatic nitrogens is 1. The lowest BCUT2D eigenvalue weighted by atomic mass is 10.3. The van der Waals surface area contributed by atoms with Crippen LogP contribution in [0.1, 0.15) is 19.4 Å². The average Bonchev–Trinajstić information content (AvgIpc) is 2.22. The highest BCUT2D eigenvalue weighted by molar-refractivity contribution is 9.10. The Bertz CT molecular complexity index is 503. The SMILES string of the molecule is Cc1cc(NS(=O)(=O)CCOC(C)C)cnc1Br. The monoisotopic (exact) mass is 336 g/mol. The van der Waals surface area contributed by atoms with Crippen molar-refractivity contribution in [3.05, 3.63) is 22.4 Å². The van der Waals surface area contributed by atoms with Crippen molar-refractivity contribution in [3.8, 4) is 0 Å². The van der Waals surface area contributed by atoms with Gasteiger partial charge in [-0.25, -0.2) is 13.4 Å². The molecule has 102 valence electrons. The second-order valence-corrected chi connectivity index (χ2v) is 6.77. The van der Waals surface area contributed by atoms with Gasteiger partial charge in [-0.15, -0.1) is 0 Å². The van der Waals surface area contributed by atoms with Crippen molar-refractivity contribution >= 4 is 31.6 Å². The van der Waals surface area contributed by atoms with E-state index in [0.29, 0.717) is 10.3 Å². The number of aryl methyl sites for hydroxylation is 1. The Morgan fingerprint density at radius 3 is 2.72 bits per heavy atom. The van der Waals surface area contributed by atoms with Crippen LogP contribution in [-0.4, -0.2) is 31.9 Å². The maximum atomic E-state index is 11.7. The molecule has 0 saturated heterocycles. The Hall–Kier alpha value is -0.660. The molecular formula is C11H17BrN2O3S. The van der Waals surface area contributed by atoms with Crippen LogP contribution in [0.25, 0.3) is 0 Å². The second-order valence-electron chi connectivity index (χ2n) is 4.17. The molecule has 5 nitrogen and oxygen atoms in total. The summed E-state index contributed by atoms with van der Waals surface area (Å²) in [6.07, 6.45) is 1.49. The number of rotatable bonds is 6.